The van der Waals surface area contributed by atoms with E-state index >= 15 is 0 Å². The topological polar surface area (TPSA) is 73.4 Å². The number of nitrogens with one attached hydrogen (secondary N) is 1. The molecule has 8 heteroatoms. The van der Waals surface area contributed by atoms with Gasteiger partial charge in [-0.05, 0) is 25.0 Å². The number of rotatable bonds is 3. The van der Waals surface area contributed by atoms with Crippen LogP contribution in [0.25, 0.3) is 11.0 Å². The van der Waals surface area contributed by atoms with Crippen molar-refractivity contribution in [2.24, 2.45) is 5.41 Å². The molecule has 2 aromatic rings. The molecule has 2 atom stereocenters. The van der Waals surface area contributed by atoms with Crippen molar-refractivity contribution in [1.82, 2.24) is 9.97 Å². The summed E-state index contributed by atoms with van der Waals surface area (Å²) >= 11 is 12.1. The molecule has 1 aromatic heterocycles. The van der Waals surface area contributed by atoms with Gasteiger partial charge in [0.1, 0.15) is 23.4 Å². The van der Waals surface area contributed by atoms with Crippen LogP contribution in [0.4, 0.5) is 0 Å². The lowest BCUT2D eigenvalue weighted by Gasteiger charge is -2.35. The third kappa shape index (κ3) is 2.67. The zero-order chi connectivity index (χ0) is 16.7. The summed E-state index contributed by atoms with van der Waals surface area (Å²) in [6.45, 7) is 1.55. The van der Waals surface area contributed by atoms with E-state index in [2.05, 4.69) is 9.97 Å². The van der Waals surface area contributed by atoms with Gasteiger partial charge in [-0.1, -0.05) is 23.2 Å². The highest BCUT2D eigenvalue weighted by Gasteiger charge is 2.53. The number of aromatic amines is 1. The SMILES string of the molecule is O=C(OCc1nc2c(Cl)cc(Cl)cc2[nH]1)C12CCOC1CCOC2. The minimum atomic E-state index is -0.689. The van der Waals surface area contributed by atoms with Crippen LogP contribution in [-0.2, 0) is 25.6 Å². The fourth-order valence-corrected chi connectivity index (χ4v) is 3.94. The van der Waals surface area contributed by atoms with E-state index in [1.165, 1.54) is 0 Å². The molecule has 1 aromatic carbocycles. The molecule has 6 nitrogen and oxygen atoms in total. The van der Waals surface area contributed by atoms with Crippen LogP contribution in [-0.4, -0.2) is 41.9 Å². The molecule has 2 unspecified atom stereocenters. The average Bonchev–Trinajstić information content (AvgIpc) is 3.16. The Morgan fingerprint density at radius 3 is 3.17 bits per heavy atom. The van der Waals surface area contributed by atoms with Crippen LogP contribution in [0.15, 0.2) is 12.1 Å². The average molecular weight is 371 g/mol. The van der Waals surface area contributed by atoms with Crippen molar-refractivity contribution >= 4 is 40.2 Å². The van der Waals surface area contributed by atoms with Crippen LogP contribution >= 0.6 is 23.2 Å². The molecule has 2 aliphatic heterocycles. The highest BCUT2D eigenvalue weighted by molar-refractivity contribution is 6.38. The maximum atomic E-state index is 12.6. The molecule has 1 N–H and O–H groups in total. The Morgan fingerprint density at radius 2 is 2.29 bits per heavy atom. The molecular weight excluding hydrogens is 355 g/mol. The number of benzene rings is 1. The first kappa shape index (κ1) is 16.1. The Kier molecular flexibility index (Phi) is 4.16. The zero-order valence-electron chi connectivity index (χ0n) is 12.8. The van der Waals surface area contributed by atoms with E-state index < -0.39 is 5.41 Å². The molecule has 3 heterocycles. The molecule has 0 bridgehead atoms. The van der Waals surface area contributed by atoms with E-state index in [0.29, 0.717) is 59.6 Å². The molecule has 0 aliphatic carbocycles. The number of aromatic nitrogens is 2. The van der Waals surface area contributed by atoms with Crippen molar-refractivity contribution in [2.45, 2.75) is 25.6 Å². The van der Waals surface area contributed by atoms with E-state index in [1.807, 2.05) is 0 Å². The molecule has 0 radical (unpaired) electrons. The minimum Gasteiger partial charge on any atom is -0.457 e. The van der Waals surface area contributed by atoms with Gasteiger partial charge in [0.2, 0.25) is 0 Å². The van der Waals surface area contributed by atoms with Gasteiger partial charge in [-0.2, -0.15) is 0 Å². The highest BCUT2D eigenvalue weighted by atomic mass is 35.5. The summed E-state index contributed by atoms with van der Waals surface area (Å²) in [5.74, 6) is 0.223. The van der Waals surface area contributed by atoms with Crippen molar-refractivity contribution in [3.8, 4) is 0 Å². The number of imidazole rings is 1. The summed E-state index contributed by atoms with van der Waals surface area (Å²) in [6, 6.07) is 3.36. The van der Waals surface area contributed by atoms with Crippen molar-refractivity contribution < 1.29 is 19.0 Å². The molecule has 2 fully saturated rings. The molecule has 2 saturated heterocycles. The van der Waals surface area contributed by atoms with Crippen molar-refractivity contribution in [3.63, 3.8) is 0 Å². The van der Waals surface area contributed by atoms with E-state index in [1.54, 1.807) is 12.1 Å². The molecule has 128 valence electrons. The molecule has 2 aliphatic rings. The second-order valence-corrected chi connectivity index (χ2v) is 6.99. The van der Waals surface area contributed by atoms with Crippen LogP contribution < -0.4 is 0 Å². The zero-order valence-corrected chi connectivity index (χ0v) is 14.3. The van der Waals surface area contributed by atoms with E-state index in [4.69, 9.17) is 37.4 Å². The van der Waals surface area contributed by atoms with Crippen LogP contribution in [0.2, 0.25) is 10.0 Å². The van der Waals surface area contributed by atoms with Gasteiger partial charge < -0.3 is 19.2 Å². The molecular formula is C16H16Cl2N2O4. The van der Waals surface area contributed by atoms with Crippen molar-refractivity contribution in [1.29, 1.82) is 0 Å². The number of esters is 1. The Labute approximate surface area is 148 Å². The first-order valence-electron chi connectivity index (χ1n) is 7.79. The second kappa shape index (κ2) is 6.19. The van der Waals surface area contributed by atoms with E-state index in [0.717, 1.165) is 0 Å². The summed E-state index contributed by atoms with van der Waals surface area (Å²) in [4.78, 5) is 20.1. The van der Waals surface area contributed by atoms with Gasteiger partial charge >= 0.3 is 5.97 Å². The van der Waals surface area contributed by atoms with Gasteiger partial charge in [-0.15, -0.1) is 0 Å². The lowest BCUT2D eigenvalue weighted by atomic mass is 9.79. The van der Waals surface area contributed by atoms with Gasteiger partial charge in [0.15, 0.2) is 0 Å². The van der Waals surface area contributed by atoms with Gasteiger partial charge in [-0.25, -0.2) is 4.98 Å². The summed E-state index contributed by atoms with van der Waals surface area (Å²) in [5, 5.41) is 0.971. The normalized spacial score (nSPS) is 26.5. The molecule has 24 heavy (non-hydrogen) atoms. The first-order valence-corrected chi connectivity index (χ1v) is 8.54. The fourth-order valence-electron chi connectivity index (χ4n) is 3.40. The molecule has 0 saturated carbocycles. The standard InChI is InChI=1S/C16H16Cl2N2O4/c17-9-5-10(18)14-11(6-9)19-13(20-14)7-24-15(21)16-2-4-23-12(16)1-3-22-8-16/h5-6,12H,1-4,7-8H2,(H,19,20). The van der Waals surface area contributed by atoms with Crippen LogP contribution in [0, 0.1) is 5.41 Å². The number of halogens is 2. The smallest absolute Gasteiger partial charge is 0.317 e. The van der Waals surface area contributed by atoms with Crippen LogP contribution in [0.1, 0.15) is 18.7 Å². The number of H-pyrrole nitrogens is 1. The number of carbonyl (C=O) groups is 1. The fraction of sp³-hybridized carbons (Fsp3) is 0.500. The lowest BCUT2D eigenvalue weighted by Crippen LogP contribution is -2.47. The number of nitrogens with zero attached hydrogens (tertiary/aromatic N) is 1. The predicted octanol–water partition coefficient (Wildman–Crippen LogP) is 3.11. The molecule has 4 rings (SSSR count). The van der Waals surface area contributed by atoms with E-state index in [9.17, 15) is 4.79 Å². The maximum absolute atomic E-state index is 12.6. The third-order valence-corrected chi connectivity index (χ3v) is 5.17. The molecule has 0 amide bonds. The third-order valence-electron chi connectivity index (χ3n) is 4.67. The number of ether oxygens (including phenoxy) is 3. The summed E-state index contributed by atoms with van der Waals surface area (Å²) in [7, 11) is 0. The lowest BCUT2D eigenvalue weighted by molar-refractivity contribution is -0.172. The number of carbonyl (C=O) groups excluding carboxylic acids is 1. The quantitative estimate of drug-likeness (QED) is 0.840. The summed E-state index contributed by atoms with van der Waals surface area (Å²) < 4.78 is 16.7. The maximum Gasteiger partial charge on any atom is 0.317 e. The van der Waals surface area contributed by atoms with Crippen LogP contribution in [0.5, 0.6) is 0 Å². The monoisotopic (exact) mass is 370 g/mol. The van der Waals surface area contributed by atoms with Crippen LogP contribution in [0.3, 0.4) is 0 Å². The number of hydrogen-bond acceptors (Lipinski definition) is 5. The van der Waals surface area contributed by atoms with Gasteiger partial charge in [0.25, 0.3) is 0 Å². The number of hydrogen-bond donors (Lipinski definition) is 1. The van der Waals surface area contributed by atoms with Gasteiger partial charge in [0.05, 0.1) is 23.3 Å². The Bertz CT molecular complexity index is 794. The predicted molar refractivity (Wildman–Crippen MR) is 88.1 cm³/mol. The Morgan fingerprint density at radius 1 is 1.42 bits per heavy atom. The second-order valence-electron chi connectivity index (χ2n) is 6.15. The highest BCUT2D eigenvalue weighted by Crippen LogP contribution is 2.41. The van der Waals surface area contributed by atoms with Gasteiger partial charge in [0, 0.05) is 18.2 Å². The Balaban J connectivity index is 1.50. The van der Waals surface area contributed by atoms with Crippen molar-refractivity contribution in [3.05, 3.63) is 28.0 Å². The molecule has 0 spiro atoms. The van der Waals surface area contributed by atoms with Gasteiger partial charge in [-0.3, -0.25) is 4.79 Å². The summed E-state index contributed by atoms with van der Waals surface area (Å²) in [6.07, 6.45) is 1.22. The first-order chi connectivity index (χ1) is 11.6. The minimum absolute atomic E-state index is 0.0376. The Hall–Kier alpha value is -1.34. The largest absolute Gasteiger partial charge is 0.457 e. The number of fused-ring (bicyclic) bond motifs is 2. The summed E-state index contributed by atoms with van der Waals surface area (Å²) in [5.41, 5.74) is 0.624. The van der Waals surface area contributed by atoms with Crippen molar-refractivity contribution in [2.75, 3.05) is 19.8 Å². The van der Waals surface area contributed by atoms with E-state index in [-0.39, 0.29) is 18.7 Å².